The molecule has 164 valence electrons. The number of aryl methyl sites for hydroxylation is 1. The molecule has 0 spiro atoms. The van der Waals surface area contributed by atoms with E-state index in [2.05, 4.69) is 13.8 Å². The second-order valence-corrected chi connectivity index (χ2v) is 8.08. The maximum atomic E-state index is 12.9. The molecule has 6 nitrogen and oxygen atoms in total. The maximum Gasteiger partial charge on any atom is 0.295 e. The molecule has 2 aromatic rings. The van der Waals surface area contributed by atoms with Crippen molar-refractivity contribution in [1.29, 1.82) is 0 Å². The molecule has 3 rings (SSSR count). The van der Waals surface area contributed by atoms with Crippen molar-refractivity contribution in [2.45, 2.75) is 26.8 Å². The van der Waals surface area contributed by atoms with Crippen LogP contribution in [0.1, 0.15) is 36.6 Å². The first-order valence-electron chi connectivity index (χ1n) is 10.4. The quantitative estimate of drug-likeness (QED) is 0.393. The number of aliphatic hydroxyl groups excluding tert-OH is 1. The molecule has 1 amide bonds. The van der Waals surface area contributed by atoms with Crippen LogP contribution < -0.4 is 4.74 Å². The van der Waals surface area contributed by atoms with Gasteiger partial charge in [-0.2, -0.15) is 0 Å². The molecule has 0 bridgehead atoms. The van der Waals surface area contributed by atoms with E-state index >= 15 is 0 Å². The zero-order valence-electron chi connectivity index (χ0n) is 18.4. The lowest BCUT2D eigenvalue weighted by molar-refractivity contribution is -0.140. The van der Waals surface area contributed by atoms with Gasteiger partial charge in [-0.3, -0.25) is 9.59 Å². The van der Waals surface area contributed by atoms with Gasteiger partial charge in [0.2, 0.25) is 0 Å². The van der Waals surface area contributed by atoms with Crippen LogP contribution in [0.2, 0.25) is 0 Å². The Bertz CT molecular complexity index is 981. The fourth-order valence-electron chi connectivity index (χ4n) is 3.65. The van der Waals surface area contributed by atoms with Gasteiger partial charge in [-0.25, -0.2) is 0 Å². The van der Waals surface area contributed by atoms with Gasteiger partial charge in [0.05, 0.1) is 24.8 Å². The Kier molecular flexibility index (Phi) is 7.13. The van der Waals surface area contributed by atoms with Crippen LogP contribution >= 0.6 is 0 Å². The number of benzene rings is 2. The molecule has 1 atom stereocenters. The number of likely N-dealkylation sites (tertiary alicyclic amines) is 1. The van der Waals surface area contributed by atoms with E-state index in [4.69, 9.17) is 9.47 Å². The smallest absolute Gasteiger partial charge is 0.295 e. The standard InChI is InChI=1S/C25H29NO5/c1-16(2)15-31-20-11-10-19(14-17(20)3)23(27)21-22(18-8-6-5-7-9-18)26(12-13-30-4)25(29)24(21)28/h5-11,14,16,22,27H,12-13,15H2,1-4H3/t22-/m0/s1. The third-order valence-corrected chi connectivity index (χ3v) is 5.21. The van der Waals surface area contributed by atoms with Gasteiger partial charge in [-0.15, -0.1) is 0 Å². The van der Waals surface area contributed by atoms with E-state index < -0.39 is 17.7 Å². The Morgan fingerprint density at radius 2 is 1.84 bits per heavy atom. The number of hydrogen-bond acceptors (Lipinski definition) is 5. The molecule has 2 aromatic carbocycles. The predicted molar refractivity (Wildman–Crippen MR) is 119 cm³/mol. The average molecular weight is 424 g/mol. The highest BCUT2D eigenvalue weighted by molar-refractivity contribution is 6.46. The van der Waals surface area contributed by atoms with Crippen molar-refractivity contribution < 1.29 is 24.2 Å². The van der Waals surface area contributed by atoms with Gasteiger partial charge in [0.25, 0.3) is 11.7 Å². The van der Waals surface area contributed by atoms with E-state index in [0.29, 0.717) is 18.1 Å². The molecular formula is C25H29NO5. The minimum Gasteiger partial charge on any atom is -0.507 e. The number of carbonyl (C=O) groups excluding carboxylic acids is 2. The number of methoxy groups -OCH3 is 1. The minimum absolute atomic E-state index is 0.0857. The average Bonchev–Trinajstić information content (AvgIpc) is 3.01. The Balaban J connectivity index is 2.05. The highest BCUT2D eigenvalue weighted by Crippen LogP contribution is 2.39. The molecule has 1 saturated heterocycles. The summed E-state index contributed by atoms with van der Waals surface area (Å²) in [5, 5.41) is 11.1. The summed E-state index contributed by atoms with van der Waals surface area (Å²) < 4.78 is 10.9. The molecule has 0 saturated carbocycles. The number of carbonyl (C=O) groups is 2. The van der Waals surface area contributed by atoms with Gasteiger partial charge in [0.15, 0.2) is 0 Å². The second-order valence-electron chi connectivity index (χ2n) is 8.08. The van der Waals surface area contributed by atoms with Gasteiger partial charge in [0, 0.05) is 19.2 Å². The molecule has 31 heavy (non-hydrogen) atoms. The first-order valence-corrected chi connectivity index (χ1v) is 10.4. The van der Waals surface area contributed by atoms with Crippen LogP contribution in [0.4, 0.5) is 0 Å². The molecule has 0 aromatic heterocycles. The van der Waals surface area contributed by atoms with Crippen molar-refractivity contribution in [1.82, 2.24) is 4.90 Å². The second kappa shape index (κ2) is 9.79. The third kappa shape index (κ3) is 4.80. The highest BCUT2D eigenvalue weighted by Gasteiger charge is 2.45. The topological polar surface area (TPSA) is 76.1 Å². The van der Waals surface area contributed by atoms with Crippen molar-refractivity contribution in [3.8, 4) is 5.75 Å². The number of nitrogens with zero attached hydrogens (tertiary/aromatic N) is 1. The van der Waals surface area contributed by atoms with E-state index in [0.717, 1.165) is 16.9 Å². The summed E-state index contributed by atoms with van der Waals surface area (Å²) in [7, 11) is 1.54. The SMILES string of the molecule is COCCN1C(=O)C(=O)C(=C(O)c2ccc(OCC(C)C)c(C)c2)[C@@H]1c1ccccc1. The predicted octanol–water partition coefficient (Wildman–Crippen LogP) is 4.10. The van der Waals surface area contributed by atoms with Gasteiger partial charge in [-0.1, -0.05) is 44.2 Å². The number of amides is 1. The zero-order valence-corrected chi connectivity index (χ0v) is 18.4. The Morgan fingerprint density at radius 3 is 2.45 bits per heavy atom. The molecule has 0 unspecified atom stereocenters. The van der Waals surface area contributed by atoms with E-state index in [1.165, 1.54) is 4.90 Å². The Labute approximate surface area is 183 Å². The molecule has 1 aliphatic rings. The number of rotatable bonds is 8. The summed E-state index contributed by atoms with van der Waals surface area (Å²) >= 11 is 0. The highest BCUT2D eigenvalue weighted by atomic mass is 16.5. The maximum absolute atomic E-state index is 12.9. The van der Waals surface area contributed by atoms with Crippen molar-refractivity contribution in [3.63, 3.8) is 0 Å². The summed E-state index contributed by atoms with van der Waals surface area (Å²) in [4.78, 5) is 27.2. The Morgan fingerprint density at radius 1 is 1.13 bits per heavy atom. The van der Waals surface area contributed by atoms with Crippen LogP contribution in [0.15, 0.2) is 54.1 Å². The Hall–Kier alpha value is -3.12. The van der Waals surface area contributed by atoms with Gasteiger partial charge >= 0.3 is 0 Å². The van der Waals surface area contributed by atoms with Crippen LogP contribution in [0.5, 0.6) is 5.75 Å². The lowest BCUT2D eigenvalue weighted by Crippen LogP contribution is -2.32. The van der Waals surface area contributed by atoms with Crippen molar-refractivity contribution in [3.05, 3.63) is 70.8 Å². The van der Waals surface area contributed by atoms with Crippen LogP contribution in [-0.4, -0.2) is 48.6 Å². The van der Waals surface area contributed by atoms with Crippen molar-refractivity contribution in [2.75, 3.05) is 26.9 Å². The fraction of sp³-hybridized carbons (Fsp3) is 0.360. The first kappa shape index (κ1) is 22.6. The summed E-state index contributed by atoms with van der Waals surface area (Å²) in [6.45, 7) is 7.16. The third-order valence-electron chi connectivity index (χ3n) is 5.21. The monoisotopic (exact) mass is 423 g/mol. The van der Waals surface area contributed by atoms with E-state index in [9.17, 15) is 14.7 Å². The van der Waals surface area contributed by atoms with Crippen molar-refractivity contribution >= 4 is 17.4 Å². The molecule has 1 N–H and O–H groups in total. The van der Waals surface area contributed by atoms with Crippen LogP contribution in [0, 0.1) is 12.8 Å². The van der Waals surface area contributed by atoms with Gasteiger partial charge in [-0.05, 0) is 42.2 Å². The summed E-state index contributed by atoms with van der Waals surface area (Å²) in [5.74, 6) is -0.404. The van der Waals surface area contributed by atoms with Gasteiger partial charge in [0.1, 0.15) is 11.5 Å². The number of hydrogen-bond donors (Lipinski definition) is 1. The van der Waals surface area contributed by atoms with Crippen LogP contribution in [0.3, 0.4) is 0 Å². The van der Waals surface area contributed by atoms with Crippen molar-refractivity contribution in [2.24, 2.45) is 5.92 Å². The number of ketones is 1. The van der Waals surface area contributed by atoms with Crippen LogP contribution in [0.25, 0.3) is 5.76 Å². The molecule has 1 fully saturated rings. The van der Waals surface area contributed by atoms with Gasteiger partial charge < -0.3 is 19.5 Å². The summed E-state index contributed by atoms with van der Waals surface area (Å²) in [5.41, 5.74) is 2.16. The molecular weight excluding hydrogens is 394 g/mol. The fourth-order valence-corrected chi connectivity index (χ4v) is 3.65. The molecule has 0 radical (unpaired) electrons. The van der Waals surface area contributed by atoms with E-state index in [1.807, 2.05) is 37.3 Å². The normalized spacial score (nSPS) is 18.1. The number of aliphatic hydroxyl groups is 1. The number of Topliss-reactive ketones (excluding diaryl/α,β-unsaturated/α-hetero) is 1. The van der Waals surface area contributed by atoms with E-state index in [-0.39, 0.29) is 24.5 Å². The molecule has 6 heteroatoms. The molecule has 0 aliphatic carbocycles. The molecule has 1 heterocycles. The number of ether oxygens (including phenoxy) is 2. The van der Waals surface area contributed by atoms with E-state index in [1.54, 1.807) is 25.3 Å². The zero-order chi connectivity index (χ0) is 22.5. The largest absolute Gasteiger partial charge is 0.507 e. The minimum atomic E-state index is -0.694. The summed E-state index contributed by atoms with van der Waals surface area (Å²) in [6, 6.07) is 13.8. The molecule has 1 aliphatic heterocycles. The lowest BCUT2D eigenvalue weighted by atomic mass is 9.95. The van der Waals surface area contributed by atoms with Crippen LogP contribution in [-0.2, 0) is 14.3 Å². The first-order chi connectivity index (χ1) is 14.8. The lowest BCUT2D eigenvalue weighted by Gasteiger charge is -2.25. The summed E-state index contributed by atoms with van der Waals surface area (Å²) in [6.07, 6.45) is 0.